The molecule has 36 heavy (non-hydrogen) atoms. The van der Waals surface area contributed by atoms with Gasteiger partial charge >= 0.3 is 0 Å². The van der Waals surface area contributed by atoms with Gasteiger partial charge in [0.25, 0.3) is 10.0 Å². The summed E-state index contributed by atoms with van der Waals surface area (Å²) in [5.41, 5.74) is 4.58. The molecule has 8 heteroatoms. The van der Waals surface area contributed by atoms with Crippen molar-refractivity contribution >= 4 is 21.6 Å². The summed E-state index contributed by atoms with van der Waals surface area (Å²) in [5, 5.41) is 2.87. The highest BCUT2D eigenvalue weighted by Crippen LogP contribution is 2.24. The molecule has 0 saturated carbocycles. The molecule has 1 N–H and O–H groups in total. The molecule has 1 fully saturated rings. The molecule has 0 bridgehead atoms. The monoisotopic (exact) mass is 507 g/mol. The third-order valence-electron chi connectivity index (χ3n) is 6.24. The molecule has 1 aliphatic rings. The third-order valence-corrected chi connectivity index (χ3v) is 8.03. The molecule has 1 aliphatic heterocycles. The van der Waals surface area contributed by atoms with Gasteiger partial charge in [-0.05, 0) is 49.2 Å². The lowest BCUT2D eigenvalue weighted by Gasteiger charge is -2.26. The van der Waals surface area contributed by atoms with Crippen LogP contribution in [0.15, 0.2) is 77.7 Å². The van der Waals surface area contributed by atoms with Crippen molar-refractivity contribution in [1.82, 2.24) is 10.2 Å². The largest absolute Gasteiger partial charge is 0.379 e. The third kappa shape index (κ3) is 6.72. The summed E-state index contributed by atoms with van der Waals surface area (Å²) in [6, 6.07) is 21.9. The van der Waals surface area contributed by atoms with Gasteiger partial charge in [0.05, 0.1) is 23.8 Å². The van der Waals surface area contributed by atoms with Crippen LogP contribution in [0.25, 0.3) is 0 Å². The Kier molecular flexibility index (Phi) is 8.40. The van der Waals surface area contributed by atoms with Gasteiger partial charge in [-0.2, -0.15) is 0 Å². The van der Waals surface area contributed by atoms with Gasteiger partial charge in [0.2, 0.25) is 5.91 Å². The van der Waals surface area contributed by atoms with Crippen LogP contribution in [0, 0.1) is 13.8 Å². The predicted molar refractivity (Wildman–Crippen MR) is 141 cm³/mol. The van der Waals surface area contributed by atoms with Crippen LogP contribution in [0.3, 0.4) is 0 Å². The number of hydrogen-bond acceptors (Lipinski definition) is 5. The van der Waals surface area contributed by atoms with Gasteiger partial charge in [0.1, 0.15) is 6.54 Å². The van der Waals surface area contributed by atoms with Gasteiger partial charge in [-0.3, -0.25) is 14.0 Å². The van der Waals surface area contributed by atoms with Gasteiger partial charge in [-0.25, -0.2) is 8.42 Å². The van der Waals surface area contributed by atoms with Crippen LogP contribution in [0.4, 0.5) is 5.69 Å². The van der Waals surface area contributed by atoms with E-state index >= 15 is 0 Å². The van der Waals surface area contributed by atoms with E-state index < -0.39 is 10.0 Å². The number of nitrogens with zero attached hydrogens (tertiary/aromatic N) is 2. The molecule has 1 amide bonds. The number of nitrogens with one attached hydrogen (secondary N) is 1. The van der Waals surface area contributed by atoms with Gasteiger partial charge in [-0.15, -0.1) is 0 Å². The molecule has 1 saturated heterocycles. The molecule has 3 aromatic rings. The van der Waals surface area contributed by atoms with Gasteiger partial charge < -0.3 is 10.1 Å². The van der Waals surface area contributed by atoms with Gasteiger partial charge in [0, 0.05) is 26.2 Å². The predicted octanol–water partition coefficient (Wildman–Crippen LogP) is 3.65. The highest BCUT2D eigenvalue weighted by atomic mass is 32.2. The number of carbonyl (C=O) groups excluding carboxylic acids is 1. The zero-order chi connectivity index (χ0) is 25.5. The molecule has 0 unspecified atom stereocenters. The number of hydrogen-bond donors (Lipinski definition) is 1. The van der Waals surface area contributed by atoms with E-state index in [1.54, 1.807) is 36.4 Å². The van der Waals surface area contributed by atoms with Crippen LogP contribution in [-0.2, 0) is 32.6 Å². The topological polar surface area (TPSA) is 79.0 Å². The van der Waals surface area contributed by atoms with E-state index in [1.807, 2.05) is 38.1 Å². The summed E-state index contributed by atoms with van der Waals surface area (Å²) < 4.78 is 33.5. The number of aryl methyl sites for hydroxylation is 2. The van der Waals surface area contributed by atoms with Gasteiger partial charge in [0.15, 0.2) is 0 Å². The fraction of sp³-hybridized carbons (Fsp3) is 0.321. The molecule has 0 aromatic heterocycles. The minimum atomic E-state index is -3.92. The number of benzene rings is 3. The van der Waals surface area contributed by atoms with Crippen LogP contribution >= 0.6 is 0 Å². The molecule has 3 aromatic carbocycles. The van der Waals surface area contributed by atoms with Crippen molar-refractivity contribution in [2.24, 2.45) is 0 Å². The second-order valence-electron chi connectivity index (χ2n) is 9.14. The lowest BCUT2D eigenvalue weighted by molar-refractivity contribution is -0.119. The first-order valence-corrected chi connectivity index (χ1v) is 13.6. The van der Waals surface area contributed by atoms with Crippen molar-refractivity contribution in [2.75, 3.05) is 37.2 Å². The maximum absolute atomic E-state index is 13.5. The summed E-state index contributed by atoms with van der Waals surface area (Å²) in [6.45, 7) is 8.11. The van der Waals surface area contributed by atoms with Crippen LogP contribution < -0.4 is 9.62 Å². The summed E-state index contributed by atoms with van der Waals surface area (Å²) in [6.07, 6.45) is 0. The maximum Gasteiger partial charge on any atom is 0.264 e. The Balaban J connectivity index is 1.42. The minimum Gasteiger partial charge on any atom is -0.379 e. The zero-order valence-corrected chi connectivity index (χ0v) is 21.6. The number of anilines is 1. The van der Waals surface area contributed by atoms with Crippen LogP contribution in [0.2, 0.25) is 0 Å². The first-order chi connectivity index (χ1) is 17.3. The van der Waals surface area contributed by atoms with E-state index in [0.717, 1.165) is 53.8 Å². The molecule has 0 aliphatic carbocycles. The fourth-order valence-corrected chi connectivity index (χ4v) is 5.45. The van der Waals surface area contributed by atoms with Crippen molar-refractivity contribution < 1.29 is 17.9 Å². The Morgan fingerprint density at radius 1 is 0.861 bits per heavy atom. The molecule has 0 atom stereocenters. The number of sulfonamides is 1. The van der Waals surface area contributed by atoms with Crippen molar-refractivity contribution in [2.45, 2.75) is 31.8 Å². The van der Waals surface area contributed by atoms with Gasteiger partial charge in [-0.1, -0.05) is 59.7 Å². The van der Waals surface area contributed by atoms with Crippen LogP contribution in [0.1, 0.15) is 22.3 Å². The lowest BCUT2D eigenvalue weighted by atomic mass is 10.1. The Morgan fingerprint density at radius 3 is 2.03 bits per heavy atom. The molecule has 0 radical (unpaired) electrons. The molecule has 4 rings (SSSR count). The van der Waals surface area contributed by atoms with E-state index in [0.29, 0.717) is 12.2 Å². The summed E-state index contributed by atoms with van der Waals surface area (Å²) in [7, 11) is -3.92. The van der Waals surface area contributed by atoms with Crippen LogP contribution in [-0.4, -0.2) is 52.1 Å². The Labute approximate surface area is 213 Å². The molecule has 7 nitrogen and oxygen atoms in total. The second-order valence-corrected chi connectivity index (χ2v) is 11.0. The van der Waals surface area contributed by atoms with Crippen molar-refractivity contribution in [3.8, 4) is 0 Å². The van der Waals surface area contributed by atoms with Crippen molar-refractivity contribution in [3.05, 3.63) is 95.1 Å². The minimum absolute atomic E-state index is 0.150. The molecule has 1 heterocycles. The zero-order valence-electron chi connectivity index (χ0n) is 20.8. The smallest absolute Gasteiger partial charge is 0.264 e. The number of rotatable bonds is 9. The lowest BCUT2D eigenvalue weighted by Crippen LogP contribution is -2.40. The molecule has 0 spiro atoms. The Morgan fingerprint density at radius 2 is 1.42 bits per heavy atom. The van der Waals surface area contributed by atoms with E-state index in [9.17, 15) is 13.2 Å². The Hall–Kier alpha value is -3.20. The average Bonchev–Trinajstić information content (AvgIpc) is 2.88. The van der Waals surface area contributed by atoms with Crippen molar-refractivity contribution in [3.63, 3.8) is 0 Å². The maximum atomic E-state index is 13.5. The second kappa shape index (κ2) is 11.7. The highest BCUT2D eigenvalue weighted by molar-refractivity contribution is 7.92. The molecular weight excluding hydrogens is 474 g/mol. The number of amides is 1. The summed E-state index contributed by atoms with van der Waals surface area (Å²) in [4.78, 5) is 15.4. The molecule has 190 valence electrons. The molecular formula is C28H33N3O4S. The van der Waals surface area contributed by atoms with E-state index in [2.05, 4.69) is 22.3 Å². The quantitative estimate of drug-likeness (QED) is 0.478. The summed E-state index contributed by atoms with van der Waals surface area (Å²) in [5.74, 6) is -0.372. The number of ether oxygens (including phenoxy) is 1. The van der Waals surface area contributed by atoms with Crippen LogP contribution in [0.5, 0.6) is 0 Å². The number of carbonyl (C=O) groups is 1. The normalized spacial score (nSPS) is 14.4. The standard InChI is InChI=1S/C28H33N3O4S/c1-22-3-11-26(12-4-22)31(36(33,34)27-13-5-23(2)6-14-27)21-28(32)29-19-24-7-9-25(10-8-24)20-30-15-17-35-18-16-30/h3-14H,15-21H2,1-2H3,(H,29,32). The average molecular weight is 508 g/mol. The van der Waals surface area contributed by atoms with Crippen molar-refractivity contribution in [1.29, 1.82) is 0 Å². The number of morpholine rings is 1. The van der Waals surface area contributed by atoms with E-state index in [1.165, 1.54) is 5.56 Å². The first-order valence-electron chi connectivity index (χ1n) is 12.1. The van der Waals surface area contributed by atoms with E-state index in [-0.39, 0.29) is 17.3 Å². The fourth-order valence-electron chi connectivity index (χ4n) is 4.03. The highest BCUT2D eigenvalue weighted by Gasteiger charge is 2.27. The Bertz CT molecular complexity index is 1250. The van der Waals surface area contributed by atoms with E-state index in [4.69, 9.17) is 4.74 Å². The summed E-state index contributed by atoms with van der Waals surface area (Å²) >= 11 is 0. The SMILES string of the molecule is Cc1ccc(N(CC(=O)NCc2ccc(CN3CCOCC3)cc2)S(=O)(=O)c2ccc(C)cc2)cc1. The first kappa shape index (κ1) is 25.9.